The van der Waals surface area contributed by atoms with Crippen molar-refractivity contribution in [2.75, 3.05) is 13.7 Å². The van der Waals surface area contributed by atoms with E-state index >= 15 is 0 Å². The van der Waals surface area contributed by atoms with E-state index in [-0.39, 0.29) is 18.0 Å². The van der Waals surface area contributed by atoms with Gasteiger partial charge >= 0.3 is 0 Å². The monoisotopic (exact) mass is 289 g/mol. The van der Waals surface area contributed by atoms with Crippen LogP contribution in [0.2, 0.25) is 0 Å². The lowest BCUT2D eigenvalue weighted by Crippen LogP contribution is -2.23. The normalized spacial score (nSPS) is 13.1. The predicted octanol–water partition coefficient (Wildman–Crippen LogP) is 3.27. The van der Waals surface area contributed by atoms with Gasteiger partial charge in [0.25, 0.3) is 0 Å². The lowest BCUT2D eigenvalue weighted by atomic mass is 10.1. The molecule has 0 bridgehead atoms. The average Bonchev–Trinajstić information content (AvgIpc) is 2.21. The molecule has 90 valence electrons. The van der Waals surface area contributed by atoms with Crippen LogP contribution in [0.5, 0.6) is 0 Å². The highest BCUT2D eigenvalue weighted by atomic mass is 79.9. The van der Waals surface area contributed by atoms with E-state index in [1.165, 1.54) is 12.1 Å². The second-order valence-corrected chi connectivity index (χ2v) is 4.74. The zero-order valence-corrected chi connectivity index (χ0v) is 11.3. The smallest absolute Gasteiger partial charge is 0.124 e. The summed E-state index contributed by atoms with van der Waals surface area (Å²) in [5, 5.41) is 3.16. The highest BCUT2D eigenvalue weighted by Gasteiger charge is 2.13. The molecule has 0 aliphatic carbocycles. The van der Waals surface area contributed by atoms with E-state index in [0.29, 0.717) is 6.61 Å². The molecule has 1 unspecified atom stereocenters. The summed E-state index contributed by atoms with van der Waals surface area (Å²) in [5.74, 6) is -0.241. The largest absolute Gasteiger partial charge is 0.377 e. The molecule has 0 aliphatic rings. The molecule has 1 aromatic carbocycles. The van der Waals surface area contributed by atoms with Crippen LogP contribution in [0.4, 0.5) is 4.39 Å². The number of benzene rings is 1. The summed E-state index contributed by atoms with van der Waals surface area (Å²) in [6.07, 6.45) is 0.190. The van der Waals surface area contributed by atoms with Crippen LogP contribution in [-0.2, 0) is 4.74 Å². The van der Waals surface area contributed by atoms with E-state index in [1.54, 1.807) is 6.07 Å². The van der Waals surface area contributed by atoms with E-state index in [2.05, 4.69) is 21.2 Å². The molecule has 1 N–H and O–H groups in total. The van der Waals surface area contributed by atoms with Crippen molar-refractivity contribution in [3.05, 3.63) is 34.1 Å². The van der Waals surface area contributed by atoms with E-state index in [0.717, 1.165) is 10.0 Å². The summed E-state index contributed by atoms with van der Waals surface area (Å²) in [5.41, 5.74) is 1.00. The zero-order valence-electron chi connectivity index (χ0n) is 9.76. The first-order chi connectivity index (χ1) is 7.54. The second kappa shape index (κ2) is 6.33. The second-order valence-electron chi connectivity index (χ2n) is 3.89. The predicted molar refractivity (Wildman–Crippen MR) is 67.0 cm³/mol. The summed E-state index contributed by atoms with van der Waals surface area (Å²) < 4.78 is 19.3. The molecule has 0 radical (unpaired) electrons. The van der Waals surface area contributed by atoms with Gasteiger partial charge in [0.05, 0.1) is 18.8 Å². The van der Waals surface area contributed by atoms with Crippen molar-refractivity contribution in [3.63, 3.8) is 0 Å². The number of nitrogens with one attached hydrogen (secondary N) is 1. The molecule has 0 fully saturated rings. The minimum atomic E-state index is -0.241. The first-order valence-corrected chi connectivity index (χ1v) is 6.07. The highest BCUT2D eigenvalue weighted by molar-refractivity contribution is 9.10. The summed E-state index contributed by atoms with van der Waals surface area (Å²) in [6, 6.07) is 4.76. The number of hydrogen-bond acceptors (Lipinski definition) is 2. The number of hydrogen-bond donors (Lipinski definition) is 1. The van der Waals surface area contributed by atoms with E-state index in [9.17, 15) is 4.39 Å². The van der Waals surface area contributed by atoms with Gasteiger partial charge in [-0.05, 0) is 38.6 Å². The van der Waals surface area contributed by atoms with E-state index in [4.69, 9.17) is 4.74 Å². The molecular weight excluding hydrogens is 273 g/mol. The average molecular weight is 290 g/mol. The van der Waals surface area contributed by atoms with Crippen molar-refractivity contribution >= 4 is 15.9 Å². The highest BCUT2D eigenvalue weighted by Crippen LogP contribution is 2.24. The first-order valence-electron chi connectivity index (χ1n) is 5.28. The summed E-state index contributed by atoms with van der Waals surface area (Å²) in [4.78, 5) is 0. The van der Waals surface area contributed by atoms with Gasteiger partial charge in [0.2, 0.25) is 0 Å². The Bertz CT molecular complexity index is 344. The summed E-state index contributed by atoms with van der Waals surface area (Å²) in [7, 11) is 1.87. The van der Waals surface area contributed by atoms with Crippen LogP contribution in [0.15, 0.2) is 22.7 Å². The molecule has 1 rings (SSSR count). The summed E-state index contributed by atoms with van der Waals surface area (Å²) >= 11 is 3.36. The fourth-order valence-electron chi connectivity index (χ4n) is 1.40. The van der Waals surface area contributed by atoms with Gasteiger partial charge < -0.3 is 10.1 Å². The molecule has 4 heteroatoms. The maximum absolute atomic E-state index is 12.9. The molecule has 16 heavy (non-hydrogen) atoms. The van der Waals surface area contributed by atoms with Gasteiger partial charge in [0, 0.05) is 4.47 Å². The van der Waals surface area contributed by atoms with E-state index < -0.39 is 0 Å². The molecule has 0 aromatic heterocycles. The number of halogens is 2. The van der Waals surface area contributed by atoms with Crippen LogP contribution in [0, 0.1) is 5.82 Å². The maximum Gasteiger partial charge on any atom is 0.124 e. The van der Waals surface area contributed by atoms with Gasteiger partial charge in [0.1, 0.15) is 5.82 Å². The Kier molecular flexibility index (Phi) is 5.38. The lowest BCUT2D eigenvalue weighted by molar-refractivity contribution is 0.0625. The Morgan fingerprint density at radius 2 is 2.12 bits per heavy atom. The Morgan fingerprint density at radius 3 is 2.62 bits per heavy atom. The first kappa shape index (κ1) is 13.6. The lowest BCUT2D eigenvalue weighted by Gasteiger charge is -2.19. The Labute approximate surface area is 104 Å². The molecule has 2 nitrogen and oxygen atoms in total. The van der Waals surface area contributed by atoms with Gasteiger partial charge in [-0.2, -0.15) is 0 Å². The van der Waals surface area contributed by atoms with Gasteiger partial charge in [0.15, 0.2) is 0 Å². The van der Waals surface area contributed by atoms with Crippen LogP contribution < -0.4 is 5.32 Å². The zero-order chi connectivity index (χ0) is 12.1. The standard InChI is InChI=1S/C12H17BrFNO/c1-8(2)16-7-12(15-3)10-5-4-9(14)6-11(10)13/h4-6,8,12,15H,7H2,1-3H3. The van der Waals surface area contributed by atoms with Crippen LogP contribution in [0.25, 0.3) is 0 Å². The van der Waals surface area contributed by atoms with Crippen molar-refractivity contribution in [1.82, 2.24) is 5.32 Å². The molecule has 0 saturated heterocycles. The van der Waals surface area contributed by atoms with Crippen molar-refractivity contribution in [2.45, 2.75) is 26.0 Å². The Morgan fingerprint density at radius 1 is 1.44 bits per heavy atom. The van der Waals surface area contributed by atoms with E-state index in [1.807, 2.05) is 20.9 Å². The van der Waals surface area contributed by atoms with Gasteiger partial charge in [-0.25, -0.2) is 4.39 Å². The Balaban J connectivity index is 2.78. The molecule has 1 atom stereocenters. The van der Waals surface area contributed by atoms with Gasteiger partial charge in [-0.3, -0.25) is 0 Å². The SMILES string of the molecule is CNC(COC(C)C)c1ccc(F)cc1Br. The molecule has 1 aromatic rings. The molecular formula is C12H17BrFNO. The fraction of sp³-hybridized carbons (Fsp3) is 0.500. The quantitative estimate of drug-likeness (QED) is 0.898. The third-order valence-corrected chi connectivity index (χ3v) is 2.97. The van der Waals surface area contributed by atoms with Crippen LogP contribution in [-0.4, -0.2) is 19.8 Å². The molecule has 0 heterocycles. The number of rotatable bonds is 5. The number of likely N-dealkylation sites (N-methyl/N-ethyl adjacent to an activating group) is 1. The van der Waals surface area contributed by atoms with Gasteiger partial charge in [-0.15, -0.1) is 0 Å². The fourth-order valence-corrected chi connectivity index (χ4v) is 2.03. The minimum absolute atomic E-state index is 0.0670. The van der Waals surface area contributed by atoms with Crippen LogP contribution in [0.1, 0.15) is 25.5 Å². The number of ether oxygens (including phenoxy) is 1. The maximum atomic E-state index is 12.9. The third kappa shape index (κ3) is 3.85. The molecule has 0 amide bonds. The third-order valence-electron chi connectivity index (χ3n) is 2.28. The van der Waals surface area contributed by atoms with Crippen molar-refractivity contribution < 1.29 is 9.13 Å². The van der Waals surface area contributed by atoms with Crippen molar-refractivity contribution in [1.29, 1.82) is 0 Å². The topological polar surface area (TPSA) is 21.3 Å². The van der Waals surface area contributed by atoms with Crippen LogP contribution in [0.3, 0.4) is 0 Å². The molecule has 0 spiro atoms. The molecule has 0 aliphatic heterocycles. The van der Waals surface area contributed by atoms with Crippen molar-refractivity contribution in [3.8, 4) is 0 Å². The van der Waals surface area contributed by atoms with Gasteiger partial charge in [-0.1, -0.05) is 22.0 Å². The minimum Gasteiger partial charge on any atom is -0.377 e. The molecule has 0 saturated carbocycles. The van der Waals surface area contributed by atoms with Crippen LogP contribution >= 0.6 is 15.9 Å². The van der Waals surface area contributed by atoms with Crippen molar-refractivity contribution in [2.24, 2.45) is 0 Å². The Hall–Kier alpha value is -0.450. The summed E-state index contributed by atoms with van der Waals surface area (Å²) in [6.45, 7) is 4.55.